The molecular weight excluding hydrogens is 458 g/mol. The number of methoxy groups -OCH3 is 1. The molecule has 4 aromatic rings. The third-order valence-electron chi connectivity index (χ3n) is 5.53. The summed E-state index contributed by atoms with van der Waals surface area (Å²) in [5.74, 6) is -0.623. The van der Waals surface area contributed by atoms with E-state index in [0.29, 0.717) is 16.9 Å². The third kappa shape index (κ3) is 4.17. The van der Waals surface area contributed by atoms with E-state index in [9.17, 15) is 24.5 Å². The van der Waals surface area contributed by atoms with E-state index in [-0.39, 0.29) is 50.5 Å². The van der Waals surface area contributed by atoms with Gasteiger partial charge in [-0.3, -0.25) is 14.9 Å². The Morgan fingerprint density at radius 1 is 0.943 bits per heavy atom. The van der Waals surface area contributed by atoms with Crippen LogP contribution in [0.25, 0.3) is 22.1 Å². The highest BCUT2D eigenvalue weighted by molar-refractivity contribution is 5.93. The van der Waals surface area contributed by atoms with Crippen molar-refractivity contribution in [3.63, 3.8) is 0 Å². The van der Waals surface area contributed by atoms with Crippen LogP contribution < -0.4 is 10.2 Å². The van der Waals surface area contributed by atoms with Gasteiger partial charge in [-0.05, 0) is 51.1 Å². The second-order valence-electron chi connectivity index (χ2n) is 7.69. The van der Waals surface area contributed by atoms with Crippen molar-refractivity contribution in [3.8, 4) is 16.9 Å². The summed E-state index contributed by atoms with van der Waals surface area (Å²) < 4.78 is 21.5. The first-order valence-corrected chi connectivity index (χ1v) is 10.3. The Kier molecular flexibility index (Phi) is 5.96. The Morgan fingerprint density at radius 3 is 2.26 bits per heavy atom. The Bertz CT molecular complexity index is 1560. The Morgan fingerprint density at radius 2 is 1.63 bits per heavy atom. The van der Waals surface area contributed by atoms with Gasteiger partial charge in [0.15, 0.2) is 0 Å². The maximum absolute atomic E-state index is 13.4. The van der Waals surface area contributed by atoms with Crippen LogP contribution in [0, 0.1) is 30.9 Å². The molecule has 2 aromatic heterocycles. The molecule has 0 atom stereocenters. The number of esters is 2. The normalized spacial score (nSPS) is 10.9. The summed E-state index contributed by atoms with van der Waals surface area (Å²) in [4.78, 5) is 48.0. The lowest BCUT2D eigenvalue weighted by atomic mass is 10.0. The van der Waals surface area contributed by atoms with Crippen LogP contribution in [0.5, 0.6) is 5.75 Å². The lowest BCUT2D eigenvalue weighted by molar-refractivity contribution is -0.384. The van der Waals surface area contributed by atoms with Gasteiger partial charge in [-0.15, -0.1) is 0 Å². The van der Waals surface area contributed by atoms with Gasteiger partial charge in [0.2, 0.25) is 11.2 Å². The van der Waals surface area contributed by atoms with E-state index in [1.165, 1.54) is 49.6 Å². The monoisotopic (exact) mass is 477 g/mol. The molecule has 0 unspecified atom stereocenters. The number of carbonyl (C=O) groups excluding carboxylic acids is 2. The molecule has 0 fully saturated rings. The number of non-ortho nitro benzene ring substituents is 1. The Hall–Kier alpha value is -4.73. The predicted molar refractivity (Wildman–Crippen MR) is 124 cm³/mol. The van der Waals surface area contributed by atoms with Gasteiger partial charge >= 0.3 is 11.9 Å². The minimum Gasteiger partial charge on any atom is -0.463 e. The number of rotatable bonds is 5. The van der Waals surface area contributed by atoms with E-state index in [0.717, 1.165) is 0 Å². The molecule has 0 aliphatic heterocycles. The predicted octanol–water partition coefficient (Wildman–Crippen LogP) is 4.89. The number of furan rings is 1. The quantitative estimate of drug-likeness (QED) is 0.170. The van der Waals surface area contributed by atoms with Crippen LogP contribution in [0.15, 0.2) is 56.1 Å². The van der Waals surface area contributed by atoms with Crippen molar-refractivity contribution in [2.45, 2.75) is 20.8 Å². The second kappa shape index (κ2) is 8.90. The van der Waals surface area contributed by atoms with Crippen molar-refractivity contribution in [2.75, 3.05) is 7.11 Å². The molecule has 35 heavy (non-hydrogen) atoms. The van der Waals surface area contributed by atoms with E-state index in [2.05, 4.69) is 4.74 Å². The number of nitro groups is 1. The molecule has 0 aliphatic carbocycles. The first kappa shape index (κ1) is 23.4. The maximum Gasteiger partial charge on any atom is 0.373 e. The molecule has 10 nitrogen and oxygen atoms in total. The summed E-state index contributed by atoms with van der Waals surface area (Å²) in [6.45, 7) is 4.87. The summed E-state index contributed by atoms with van der Waals surface area (Å²) in [5.41, 5.74) is 0.931. The number of hydrogen-bond acceptors (Lipinski definition) is 9. The van der Waals surface area contributed by atoms with Crippen LogP contribution in [-0.4, -0.2) is 24.0 Å². The molecule has 0 amide bonds. The number of nitrogens with zero attached hydrogens (tertiary/aromatic N) is 1. The molecule has 0 aliphatic rings. The maximum atomic E-state index is 13.4. The average Bonchev–Trinajstić information content (AvgIpc) is 3.21. The first-order chi connectivity index (χ1) is 16.6. The van der Waals surface area contributed by atoms with Crippen LogP contribution in [0.4, 0.5) is 5.69 Å². The summed E-state index contributed by atoms with van der Waals surface area (Å²) in [7, 11) is 1.23. The van der Waals surface area contributed by atoms with Gasteiger partial charge in [0, 0.05) is 23.3 Å². The molecule has 0 saturated carbocycles. The molecule has 10 heteroatoms. The Labute approximate surface area is 197 Å². The number of benzene rings is 2. The highest BCUT2D eigenvalue weighted by atomic mass is 16.6. The Balaban J connectivity index is 1.73. The molecule has 0 radical (unpaired) electrons. The largest absolute Gasteiger partial charge is 0.463 e. The van der Waals surface area contributed by atoms with Crippen molar-refractivity contribution in [1.82, 2.24) is 0 Å². The van der Waals surface area contributed by atoms with Crippen molar-refractivity contribution in [1.29, 1.82) is 0 Å². The van der Waals surface area contributed by atoms with E-state index < -0.39 is 16.9 Å². The van der Waals surface area contributed by atoms with Gasteiger partial charge in [-0.1, -0.05) is 0 Å². The minimum absolute atomic E-state index is 0.0384. The van der Waals surface area contributed by atoms with Crippen molar-refractivity contribution >= 4 is 28.6 Å². The highest BCUT2D eigenvalue weighted by Gasteiger charge is 2.23. The van der Waals surface area contributed by atoms with Gasteiger partial charge in [0.25, 0.3) is 5.69 Å². The average molecular weight is 477 g/mol. The molecule has 0 spiro atoms. The smallest absolute Gasteiger partial charge is 0.373 e. The third-order valence-corrected chi connectivity index (χ3v) is 5.53. The zero-order valence-electron chi connectivity index (χ0n) is 19.2. The van der Waals surface area contributed by atoms with Crippen LogP contribution in [0.3, 0.4) is 0 Å². The second-order valence-corrected chi connectivity index (χ2v) is 7.69. The molecule has 178 valence electrons. The number of hydrogen-bond donors (Lipinski definition) is 0. The lowest BCUT2D eigenvalue weighted by Gasteiger charge is -2.11. The molecule has 4 rings (SSSR count). The van der Waals surface area contributed by atoms with Crippen LogP contribution in [0.1, 0.15) is 38.0 Å². The molecule has 2 aromatic carbocycles. The number of fused-ring (bicyclic) bond motifs is 1. The number of aryl methyl sites for hydroxylation is 3. The van der Waals surface area contributed by atoms with Gasteiger partial charge < -0.3 is 18.3 Å². The lowest BCUT2D eigenvalue weighted by Crippen LogP contribution is -2.11. The standard InChI is InChI=1S/C25H19NO9/c1-12-19(35-24(28)15-5-7-16(8-6-15)26(30)31)10-9-17-22(27)21(14(3)34-23(12)17)18-11-20(25(29)32-4)33-13(18)2/h5-11H,1-4H3. The summed E-state index contributed by atoms with van der Waals surface area (Å²) in [6, 6.07) is 9.38. The molecule has 0 N–H and O–H groups in total. The number of ether oxygens (including phenoxy) is 2. The SMILES string of the molecule is COC(=O)c1cc(-c2c(C)oc3c(C)c(OC(=O)c4ccc([N+](=O)[O-])cc4)ccc3c2=O)c(C)o1. The van der Waals surface area contributed by atoms with E-state index >= 15 is 0 Å². The van der Waals surface area contributed by atoms with Crippen molar-refractivity contribution in [3.05, 3.63) is 91.2 Å². The highest BCUT2D eigenvalue weighted by Crippen LogP contribution is 2.33. The summed E-state index contributed by atoms with van der Waals surface area (Å²) >= 11 is 0. The molecular formula is C25H19NO9. The first-order valence-electron chi connectivity index (χ1n) is 10.3. The minimum atomic E-state index is -0.720. The fourth-order valence-electron chi connectivity index (χ4n) is 3.71. The zero-order valence-corrected chi connectivity index (χ0v) is 19.2. The fraction of sp³-hybridized carbons (Fsp3) is 0.160. The molecule has 2 heterocycles. The van der Waals surface area contributed by atoms with Gasteiger partial charge in [-0.2, -0.15) is 0 Å². The van der Waals surface area contributed by atoms with Crippen LogP contribution >= 0.6 is 0 Å². The molecule has 0 saturated heterocycles. The zero-order chi connectivity index (χ0) is 25.4. The number of nitro benzene ring substituents is 1. The topological polar surface area (TPSA) is 139 Å². The molecule has 0 bridgehead atoms. The van der Waals surface area contributed by atoms with Crippen molar-refractivity contribution in [2.24, 2.45) is 0 Å². The van der Waals surface area contributed by atoms with E-state index in [1.807, 2.05) is 0 Å². The van der Waals surface area contributed by atoms with E-state index in [1.54, 1.807) is 20.8 Å². The summed E-state index contributed by atoms with van der Waals surface area (Å²) in [6.07, 6.45) is 0. The van der Waals surface area contributed by atoms with Crippen molar-refractivity contribution < 1.29 is 32.8 Å². The van der Waals surface area contributed by atoms with Gasteiger partial charge in [-0.25, -0.2) is 9.59 Å². The number of carbonyl (C=O) groups is 2. The van der Waals surface area contributed by atoms with Crippen LogP contribution in [0.2, 0.25) is 0 Å². The summed E-state index contributed by atoms with van der Waals surface area (Å²) in [5, 5.41) is 11.1. The van der Waals surface area contributed by atoms with Crippen LogP contribution in [-0.2, 0) is 4.74 Å². The van der Waals surface area contributed by atoms with E-state index in [4.69, 9.17) is 13.6 Å². The van der Waals surface area contributed by atoms with Gasteiger partial charge in [0.05, 0.1) is 28.5 Å². The van der Waals surface area contributed by atoms with Gasteiger partial charge in [0.1, 0.15) is 22.9 Å². The fourth-order valence-corrected chi connectivity index (χ4v) is 3.71.